The van der Waals surface area contributed by atoms with Crippen LogP contribution in [0, 0.1) is 5.82 Å². The van der Waals surface area contributed by atoms with Crippen LogP contribution in [0.1, 0.15) is 10.5 Å². The summed E-state index contributed by atoms with van der Waals surface area (Å²) < 4.78 is 45.7. The third-order valence-corrected chi connectivity index (χ3v) is 6.60. The number of halogens is 3. The Balaban J connectivity index is 1.63. The summed E-state index contributed by atoms with van der Waals surface area (Å²) in [5.41, 5.74) is 1.50. The van der Waals surface area contributed by atoms with E-state index >= 15 is 0 Å². The number of amides is 1. The van der Waals surface area contributed by atoms with Gasteiger partial charge < -0.3 is 15.0 Å². The van der Waals surface area contributed by atoms with Crippen molar-refractivity contribution in [2.75, 3.05) is 12.4 Å². The number of carbonyl (C=O) groups excluding carboxylic acids is 1. The maximum Gasteiger partial charge on any atom is 0.281 e. The molecule has 170 valence electrons. The number of ether oxygens (including phenoxy) is 1. The van der Waals surface area contributed by atoms with Crippen molar-refractivity contribution >= 4 is 61.4 Å². The van der Waals surface area contributed by atoms with E-state index < -0.39 is 21.7 Å². The topological polar surface area (TPSA) is 100 Å². The fraction of sp³-hybridized carbons (Fsp3) is 0.0455. The van der Waals surface area contributed by atoms with Gasteiger partial charge in [0.2, 0.25) is 0 Å². The standard InChI is InChI=1S/C22H16Cl2FN3O4S/c1-32-14-3-5-15(6-4-14)33(30,31)28-22(29)21-11-16-19(8-12(23)9-20(16)27-21)26-13-2-7-18(25)17(24)10-13/h2-11,26-27H,1H3,(H,28,29). The molecule has 0 aliphatic rings. The normalized spacial score (nSPS) is 11.4. The zero-order valence-electron chi connectivity index (χ0n) is 16.9. The minimum absolute atomic E-state index is 0.00421. The number of sulfonamides is 1. The molecule has 0 saturated heterocycles. The molecule has 0 saturated carbocycles. The van der Waals surface area contributed by atoms with Crippen molar-refractivity contribution < 1.29 is 22.3 Å². The van der Waals surface area contributed by atoms with Crippen LogP contribution in [0.3, 0.4) is 0 Å². The van der Waals surface area contributed by atoms with Gasteiger partial charge >= 0.3 is 0 Å². The predicted octanol–water partition coefficient (Wildman–Crippen LogP) is 5.48. The lowest BCUT2D eigenvalue weighted by Gasteiger charge is -2.09. The van der Waals surface area contributed by atoms with E-state index in [9.17, 15) is 17.6 Å². The molecule has 0 aliphatic carbocycles. The number of rotatable bonds is 6. The fourth-order valence-corrected chi connectivity index (χ4v) is 4.51. The molecule has 0 aliphatic heterocycles. The average molecular weight is 508 g/mol. The Hall–Kier alpha value is -3.27. The molecule has 3 N–H and O–H groups in total. The number of nitrogens with one attached hydrogen (secondary N) is 3. The van der Waals surface area contributed by atoms with Gasteiger partial charge in [0, 0.05) is 27.3 Å². The van der Waals surface area contributed by atoms with Gasteiger partial charge in [-0.05, 0) is 60.7 Å². The number of benzene rings is 3. The summed E-state index contributed by atoms with van der Waals surface area (Å²) in [6, 6.07) is 14.4. The van der Waals surface area contributed by atoms with Crippen LogP contribution in [-0.4, -0.2) is 26.4 Å². The van der Waals surface area contributed by atoms with E-state index in [2.05, 4.69) is 10.3 Å². The van der Waals surface area contributed by atoms with Crippen molar-refractivity contribution in [3.63, 3.8) is 0 Å². The number of anilines is 2. The Labute approximate surface area is 198 Å². The second-order valence-corrected chi connectivity index (χ2v) is 9.49. The van der Waals surface area contributed by atoms with Crippen molar-refractivity contribution in [2.24, 2.45) is 0 Å². The van der Waals surface area contributed by atoms with E-state index in [0.717, 1.165) is 0 Å². The van der Waals surface area contributed by atoms with Gasteiger partial charge in [0.15, 0.2) is 0 Å². The van der Waals surface area contributed by atoms with Crippen LogP contribution in [-0.2, 0) is 10.0 Å². The fourth-order valence-electron chi connectivity index (χ4n) is 3.15. The highest BCUT2D eigenvalue weighted by Gasteiger charge is 2.21. The molecule has 0 fully saturated rings. The maximum atomic E-state index is 13.5. The Kier molecular flexibility index (Phi) is 6.20. The lowest BCUT2D eigenvalue weighted by molar-refractivity contribution is 0.0977. The highest BCUT2D eigenvalue weighted by atomic mass is 35.5. The summed E-state index contributed by atoms with van der Waals surface area (Å²) in [6.07, 6.45) is 0. The van der Waals surface area contributed by atoms with Gasteiger partial charge in [0.1, 0.15) is 17.3 Å². The highest BCUT2D eigenvalue weighted by Crippen LogP contribution is 2.32. The summed E-state index contributed by atoms with van der Waals surface area (Å²) in [5.74, 6) is -0.929. The SMILES string of the molecule is COc1ccc(S(=O)(=O)NC(=O)c2cc3c(Nc4ccc(F)c(Cl)c4)cc(Cl)cc3[nH]2)cc1. The number of H-pyrrole nitrogens is 1. The van der Waals surface area contributed by atoms with Crippen LogP contribution in [0.25, 0.3) is 10.9 Å². The molecule has 7 nitrogen and oxygen atoms in total. The van der Waals surface area contributed by atoms with Crippen molar-refractivity contribution in [1.82, 2.24) is 9.71 Å². The largest absolute Gasteiger partial charge is 0.497 e. The summed E-state index contributed by atoms with van der Waals surface area (Å²) in [5, 5.41) is 3.94. The van der Waals surface area contributed by atoms with Gasteiger partial charge in [0.25, 0.3) is 15.9 Å². The van der Waals surface area contributed by atoms with Crippen LogP contribution >= 0.6 is 23.2 Å². The average Bonchev–Trinajstić information content (AvgIpc) is 3.20. The lowest BCUT2D eigenvalue weighted by atomic mass is 10.2. The Bertz CT molecular complexity index is 1470. The minimum atomic E-state index is -4.11. The van der Waals surface area contributed by atoms with Crippen molar-refractivity contribution in [3.05, 3.63) is 82.2 Å². The number of carbonyl (C=O) groups is 1. The molecule has 1 aromatic heterocycles. The molecule has 0 spiro atoms. The molecule has 1 heterocycles. The summed E-state index contributed by atoms with van der Waals surface area (Å²) in [4.78, 5) is 15.5. The highest BCUT2D eigenvalue weighted by molar-refractivity contribution is 7.90. The second-order valence-electron chi connectivity index (χ2n) is 6.96. The summed E-state index contributed by atoms with van der Waals surface area (Å²) >= 11 is 12.0. The number of hydrogen-bond donors (Lipinski definition) is 3. The Morgan fingerprint density at radius 2 is 1.76 bits per heavy atom. The predicted molar refractivity (Wildman–Crippen MR) is 126 cm³/mol. The molecule has 0 atom stereocenters. The third-order valence-electron chi connectivity index (χ3n) is 4.74. The molecule has 0 unspecified atom stereocenters. The Morgan fingerprint density at radius 1 is 1.03 bits per heavy atom. The molecule has 0 bridgehead atoms. The first-order valence-corrected chi connectivity index (χ1v) is 11.7. The monoisotopic (exact) mass is 507 g/mol. The first-order valence-electron chi connectivity index (χ1n) is 9.42. The van der Waals surface area contributed by atoms with E-state index in [-0.39, 0.29) is 15.6 Å². The number of fused-ring (bicyclic) bond motifs is 1. The van der Waals surface area contributed by atoms with Crippen LogP contribution in [0.15, 0.2) is 65.6 Å². The molecule has 4 aromatic rings. The van der Waals surface area contributed by atoms with E-state index in [1.54, 1.807) is 12.1 Å². The number of methoxy groups -OCH3 is 1. The zero-order chi connectivity index (χ0) is 23.8. The molecule has 3 aromatic carbocycles. The van der Waals surface area contributed by atoms with Gasteiger partial charge in [-0.15, -0.1) is 0 Å². The molecule has 33 heavy (non-hydrogen) atoms. The molecule has 0 radical (unpaired) electrons. The number of aromatic amines is 1. The molecule has 1 amide bonds. The third kappa shape index (κ3) is 4.90. The minimum Gasteiger partial charge on any atom is -0.497 e. The number of aromatic nitrogens is 1. The molecule has 4 rings (SSSR count). The van der Waals surface area contributed by atoms with Crippen LogP contribution in [0.4, 0.5) is 15.8 Å². The van der Waals surface area contributed by atoms with Gasteiger partial charge in [-0.2, -0.15) is 0 Å². The quantitative estimate of drug-likeness (QED) is 0.320. The van der Waals surface area contributed by atoms with Crippen molar-refractivity contribution in [1.29, 1.82) is 0 Å². The van der Waals surface area contributed by atoms with Crippen LogP contribution in [0.2, 0.25) is 10.0 Å². The zero-order valence-corrected chi connectivity index (χ0v) is 19.3. The number of hydrogen-bond acceptors (Lipinski definition) is 5. The Morgan fingerprint density at radius 3 is 2.42 bits per heavy atom. The van der Waals surface area contributed by atoms with Crippen LogP contribution in [0.5, 0.6) is 5.75 Å². The molecular weight excluding hydrogens is 492 g/mol. The van der Waals surface area contributed by atoms with Crippen molar-refractivity contribution in [3.8, 4) is 5.75 Å². The van der Waals surface area contributed by atoms with Crippen LogP contribution < -0.4 is 14.8 Å². The van der Waals surface area contributed by atoms with Crippen molar-refractivity contribution in [2.45, 2.75) is 4.90 Å². The smallest absolute Gasteiger partial charge is 0.281 e. The summed E-state index contributed by atoms with van der Waals surface area (Å²) in [6.45, 7) is 0. The van der Waals surface area contributed by atoms with Gasteiger partial charge in [0.05, 0.1) is 17.0 Å². The van der Waals surface area contributed by atoms with E-state index in [0.29, 0.717) is 33.0 Å². The first-order chi connectivity index (χ1) is 15.7. The maximum absolute atomic E-state index is 13.5. The van der Waals surface area contributed by atoms with Gasteiger partial charge in [-0.25, -0.2) is 17.5 Å². The second kappa shape index (κ2) is 8.93. The van der Waals surface area contributed by atoms with Gasteiger partial charge in [-0.3, -0.25) is 4.79 Å². The summed E-state index contributed by atoms with van der Waals surface area (Å²) in [7, 11) is -2.65. The molecular formula is C22H16Cl2FN3O4S. The first kappa shape index (κ1) is 22.9. The van der Waals surface area contributed by atoms with E-state index in [4.69, 9.17) is 27.9 Å². The lowest BCUT2D eigenvalue weighted by Crippen LogP contribution is -2.30. The van der Waals surface area contributed by atoms with E-state index in [1.165, 1.54) is 55.6 Å². The molecule has 11 heteroatoms. The van der Waals surface area contributed by atoms with Gasteiger partial charge in [-0.1, -0.05) is 23.2 Å². The van der Waals surface area contributed by atoms with E-state index in [1.807, 2.05) is 4.72 Å².